The molecule has 17 heavy (non-hydrogen) atoms. The highest BCUT2D eigenvalue weighted by molar-refractivity contribution is 5.57. The minimum absolute atomic E-state index is 0.116. The molecule has 0 N–H and O–H groups in total. The Balaban J connectivity index is 3.39. The molecule has 0 spiro atoms. The zero-order valence-corrected chi connectivity index (χ0v) is 8.74. The van der Waals surface area contributed by atoms with Crippen LogP contribution in [0.4, 0.5) is 18.9 Å². The fraction of sp³-hybridized carbons (Fsp3) is 0.375. The summed E-state index contributed by atoms with van der Waals surface area (Å²) in [5.74, 6) is -1.46. The first kappa shape index (κ1) is 13.0. The maximum absolute atomic E-state index is 12.1. The minimum Gasteiger partial charge on any atom is -0.476 e. The minimum atomic E-state index is -5.03. The van der Waals surface area contributed by atoms with Crippen LogP contribution in [-0.2, 0) is 0 Å². The lowest BCUT2D eigenvalue weighted by molar-refractivity contribution is -0.390. The molecule has 1 rings (SSSR count). The van der Waals surface area contributed by atoms with Gasteiger partial charge in [-0.05, 0) is 6.92 Å². The van der Waals surface area contributed by atoms with Gasteiger partial charge in [0.15, 0.2) is 0 Å². The van der Waals surface area contributed by atoms with E-state index in [9.17, 15) is 23.3 Å². The number of rotatable bonds is 3. The van der Waals surface area contributed by atoms with Crippen molar-refractivity contribution in [2.24, 2.45) is 0 Å². The second-order valence-electron chi connectivity index (χ2n) is 2.93. The lowest BCUT2D eigenvalue weighted by Gasteiger charge is -2.12. The van der Waals surface area contributed by atoms with Gasteiger partial charge in [-0.3, -0.25) is 10.1 Å². The molecular weight excluding hydrogens is 245 g/mol. The molecule has 9 heteroatoms. The number of pyridine rings is 1. The molecule has 1 aromatic rings. The number of alkyl halides is 3. The first-order valence-corrected chi connectivity index (χ1v) is 4.20. The third kappa shape index (κ3) is 2.95. The van der Waals surface area contributed by atoms with Crippen LogP contribution in [0, 0.1) is 17.0 Å². The van der Waals surface area contributed by atoms with E-state index in [1.54, 1.807) is 0 Å². The normalized spacial score (nSPS) is 11.1. The van der Waals surface area contributed by atoms with Gasteiger partial charge >= 0.3 is 12.0 Å². The predicted octanol–water partition coefficient (Wildman–Crippen LogP) is 2.21. The van der Waals surface area contributed by atoms with Crippen LogP contribution in [0.3, 0.4) is 0 Å². The zero-order chi connectivity index (χ0) is 13.2. The van der Waals surface area contributed by atoms with Crippen molar-refractivity contribution in [1.29, 1.82) is 0 Å². The molecule has 1 heterocycles. The third-order valence-corrected chi connectivity index (χ3v) is 1.74. The highest BCUT2D eigenvalue weighted by atomic mass is 19.4. The molecule has 94 valence electrons. The molecule has 0 aliphatic heterocycles. The number of nitro groups is 1. The number of nitrogens with zero attached hydrogens (tertiary/aromatic N) is 2. The van der Waals surface area contributed by atoms with Crippen LogP contribution in [0.2, 0.25) is 0 Å². The standard InChI is InChI=1S/C8H7F3N2O4/c1-4-3-12-7(16-2)5(13(14)15)6(4)17-8(9,10)11/h3H,1-2H3. The van der Waals surface area contributed by atoms with Gasteiger partial charge in [0, 0.05) is 11.8 Å². The number of aromatic nitrogens is 1. The lowest BCUT2D eigenvalue weighted by Crippen LogP contribution is -2.19. The fourth-order valence-electron chi connectivity index (χ4n) is 1.11. The molecule has 0 unspecified atom stereocenters. The number of hydrogen-bond donors (Lipinski definition) is 0. The number of methoxy groups -OCH3 is 1. The molecule has 0 aromatic carbocycles. The van der Waals surface area contributed by atoms with E-state index >= 15 is 0 Å². The summed E-state index contributed by atoms with van der Waals surface area (Å²) < 4.78 is 44.4. The van der Waals surface area contributed by atoms with E-state index in [1.807, 2.05) is 0 Å². The second-order valence-corrected chi connectivity index (χ2v) is 2.93. The van der Waals surface area contributed by atoms with Crippen molar-refractivity contribution in [3.8, 4) is 11.6 Å². The monoisotopic (exact) mass is 252 g/mol. The largest absolute Gasteiger partial charge is 0.573 e. The molecule has 0 amide bonds. The van der Waals surface area contributed by atoms with E-state index in [1.165, 1.54) is 6.92 Å². The fourth-order valence-corrected chi connectivity index (χ4v) is 1.11. The second kappa shape index (κ2) is 4.44. The first-order valence-electron chi connectivity index (χ1n) is 4.20. The van der Waals surface area contributed by atoms with Crippen LogP contribution < -0.4 is 9.47 Å². The molecule has 0 atom stereocenters. The van der Waals surface area contributed by atoms with Crippen molar-refractivity contribution in [2.75, 3.05) is 7.11 Å². The van der Waals surface area contributed by atoms with Crippen molar-refractivity contribution in [2.45, 2.75) is 13.3 Å². The Morgan fingerprint density at radius 3 is 2.47 bits per heavy atom. The van der Waals surface area contributed by atoms with Crippen LogP contribution in [-0.4, -0.2) is 23.4 Å². The number of halogens is 3. The first-order chi connectivity index (χ1) is 7.76. The van der Waals surface area contributed by atoms with Crippen LogP contribution in [0.15, 0.2) is 6.20 Å². The summed E-state index contributed by atoms with van der Waals surface area (Å²) in [6.45, 7) is 1.21. The van der Waals surface area contributed by atoms with Gasteiger partial charge in [-0.1, -0.05) is 0 Å². The molecular formula is C8H7F3N2O4. The van der Waals surface area contributed by atoms with E-state index in [0.29, 0.717) is 0 Å². The molecule has 0 aliphatic rings. The van der Waals surface area contributed by atoms with E-state index in [-0.39, 0.29) is 5.56 Å². The summed E-state index contributed by atoms with van der Waals surface area (Å²) in [7, 11) is 1.06. The molecule has 0 radical (unpaired) electrons. The average Bonchev–Trinajstić information content (AvgIpc) is 2.18. The highest BCUT2D eigenvalue weighted by Gasteiger charge is 2.37. The van der Waals surface area contributed by atoms with Gasteiger partial charge in [0.05, 0.1) is 12.0 Å². The van der Waals surface area contributed by atoms with Gasteiger partial charge in [0.2, 0.25) is 5.75 Å². The molecule has 0 saturated carbocycles. The number of hydrogen-bond acceptors (Lipinski definition) is 5. The average molecular weight is 252 g/mol. The van der Waals surface area contributed by atoms with Gasteiger partial charge < -0.3 is 9.47 Å². The SMILES string of the molecule is COc1ncc(C)c(OC(F)(F)F)c1[N+](=O)[O-]. The third-order valence-electron chi connectivity index (χ3n) is 1.74. The van der Waals surface area contributed by atoms with Gasteiger partial charge in [-0.2, -0.15) is 0 Å². The number of ether oxygens (including phenoxy) is 2. The quantitative estimate of drug-likeness (QED) is 0.609. The summed E-state index contributed by atoms with van der Waals surface area (Å²) in [4.78, 5) is 13.1. The lowest BCUT2D eigenvalue weighted by atomic mass is 10.2. The van der Waals surface area contributed by atoms with Crippen molar-refractivity contribution < 1.29 is 27.6 Å². The van der Waals surface area contributed by atoms with Crippen molar-refractivity contribution >= 4 is 5.69 Å². The Morgan fingerprint density at radius 2 is 2.06 bits per heavy atom. The van der Waals surface area contributed by atoms with Crippen molar-refractivity contribution in [3.05, 3.63) is 21.9 Å². The van der Waals surface area contributed by atoms with Gasteiger partial charge in [-0.15, -0.1) is 13.2 Å². The Bertz CT molecular complexity index is 447. The number of aryl methyl sites for hydroxylation is 1. The maximum Gasteiger partial charge on any atom is 0.573 e. The summed E-state index contributed by atoms with van der Waals surface area (Å²) in [5, 5.41) is 10.7. The van der Waals surface area contributed by atoms with Gasteiger partial charge in [-0.25, -0.2) is 4.98 Å². The summed E-state index contributed by atoms with van der Waals surface area (Å²) >= 11 is 0. The summed E-state index contributed by atoms with van der Waals surface area (Å²) in [6, 6.07) is 0. The van der Waals surface area contributed by atoms with Crippen molar-refractivity contribution in [3.63, 3.8) is 0 Å². The van der Waals surface area contributed by atoms with E-state index < -0.39 is 28.6 Å². The van der Waals surface area contributed by atoms with Crippen LogP contribution >= 0.6 is 0 Å². The zero-order valence-electron chi connectivity index (χ0n) is 8.74. The van der Waals surface area contributed by atoms with Crippen molar-refractivity contribution in [1.82, 2.24) is 4.98 Å². The molecule has 6 nitrogen and oxygen atoms in total. The Labute approximate surface area is 93.1 Å². The van der Waals surface area contributed by atoms with E-state index in [4.69, 9.17) is 0 Å². The van der Waals surface area contributed by atoms with E-state index in [0.717, 1.165) is 13.3 Å². The molecule has 0 saturated heterocycles. The highest BCUT2D eigenvalue weighted by Crippen LogP contribution is 2.39. The molecule has 0 bridgehead atoms. The Hall–Kier alpha value is -2.06. The van der Waals surface area contributed by atoms with Crippen LogP contribution in [0.5, 0.6) is 11.6 Å². The topological polar surface area (TPSA) is 74.5 Å². The predicted molar refractivity (Wildman–Crippen MR) is 48.9 cm³/mol. The maximum atomic E-state index is 12.1. The Morgan fingerprint density at radius 1 is 1.47 bits per heavy atom. The van der Waals surface area contributed by atoms with Crippen LogP contribution in [0.1, 0.15) is 5.56 Å². The Kier molecular flexibility index (Phi) is 3.39. The van der Waals surface area contributed by atoms with E-state index in [2.05, 4.69) is 14.5 Å². The van der Waals surface area contributed by atoms with Crippen LogP contribution in [0.25, 0.3) is 0 Å². The van der Waals surface area contributed by atoms with Gasteiger partial charge in [0.1, 0.15) is 0 Å². The molecule has 0 aliphatic carbocycles. The molecule has 0 fully saturated rings. The summed E-state index contributed by atoms with van der Waals surface area (Å²) in [6.07, 6.45) is -4.03. The summed E-state index contributed by atoms with van der Waals surface area (Å²) in [5.41, 5.74) is -1.07. The smallest absolute Gasteiger partial charge is 0.476 e. The van der Waals surface area contributed by atoms with Gasteiger partial charge in [0.25, 0.3) is 5.88 Å². The molecule has 1 aromatic heterocycles.